The van der Waals surface area contributed by atoms with Gasteiger partial charge in [-0.2, -0.15) is 5.10 Å². The second kappa shape index (κ2) is 7.96. The molecule has 0 fully saturated rings. The summed E-state index contributed by atoms with van der Waals surface area (Å²) in [6, 6.07) is 15.8. The first-order chi connectivity index (χ1) is 13.6. The lowest BCUT2D eigenvalue weighted by Crippen LogP contribution is -2.42. The molecule has 4 rings (SSSR count). The van der Waals surface area contributed by atoms with Gasteiger partial charge in [0.1, 0.15) is 18.1 Å². The van der Waals surface area contributed by atoms with Gasteiger partial charge in [0.15, 0.2) is 11.5 Å². The van der Waals surface area contributed by atoms with Gasteiger partial charge >= 0.3 is 0 Å². The van der Waals surface area contributed by atoms with Crippen LogP contribution in [-0.4, -0.2) is 24.8 Å². The molecule has 28 heavy (non-hydrogen) atoms. The number of hydrogen-bond acceptors (Lipinski definition) is 5. The molecule has 0 saturated carbocycles. The zero-order valence-corrected chi connectivity index (χ0v) is 15.9. The minimum atomic E-state index is -0.785. The van der Waals surface area contributed by atoms with Crippen molar-refractivity contribution in [2.24, 2.45) is 5.10 Å². The van der Waals surface area contributed by atoms with Crippen LogP contribution in [0.4, 0.5) is 0 Å². The van der Waals surface area contributed by atoms with E-state index in [9.17, 15) is 4.79 Å². The molecule has 142 valence electrons. The Kier molecular flexibility index (Phi) is 5.23. The maximum Gasteiger partial charge on any atom is 0.284 e. The monoisotopic (exact) mass is 416 g/mol. The Morgan fingerprint density at radius 3 is 2.75 bits per heavy atom. The van der Waals surface area contributed by atoms with Crippen LogP contribution >= 0.6 is 23.2 Å². The van der Waals surface area contributed by atoms with Crippen LogP contribution in [0.15, 0.2) is 64.1 Å². The Balaban J connectivity index is 1.38. The van der Waals surface area contributed by atoms with Crippen LogP contribution in [0.5, 0.6) is 11.5 Å². The Bertz CT molecular complexity index is 1050. The first-order valence-corrected chi connectivity index (χ1v) is 9.12. The quantitative estimate of drug-likeness (QED) is 0.500. The summed E-state index contributed by atoms with van der Waals surface area (Å²) < 4.78 is 16.8. The van der Waals surface area contributed by atoms with Gasteiger partial charge in [-0.25, -0.2) is 5.43 Å². The van der Waals surface area contributed by atoms with Crippen molar-refractivity contribution in [3.63, 3.8) is 0 Å². The van der Waals surface area contributed by atoms with E-state index < -0.39 is 12.0 Å². The van der Waals surface area contributed by atoms with E-state index in [0.717, 1.165) is 0 Å². The molecule has 0 spiro atoms. The van der Waals surface area contributed by atoms with Crippen molar-refractivity contribution in [3.05, 3.63) is 70.4 Å². The molecule has 1 N–H and O–H groups in total. The largest absolute Gasteiger partial charge is 0.485 e. The summed E-state index contributed by atoms with van der Waals surface area (Å²) in [6.45, 7) is 0.109. The summed E-state index contributed by atoms with van der Waals surface area (Å²) in [7, 11) is 0. The number of para-hydroxylation sites is 2. The van der Waals surface area contributed by atoms with E-state index in [1.54, 1.807) is 42.5 Å². The van der Waals surface area contributed by atoms with E-state index in [-0.39, 0.29) is 6.61 Å². The lowest BCUT2D eigenvalue weighted by Gasteiger charge is -2.24. The van der Waals surface area contributed by atoms with Gasteiger partial charge in [-0.15, -0.1) is 0 Å². The van der Waals surface area contributed by atoms with Crippen LogP contribution in [0.25, 0.3) is 11.3 Å². The lowest BCUT2D eigenvalue weighted by molar-refractivity contribution is -0.130. The zero-order chi connectivity index (χ0) is 19.5. The van der Waals surface area contributed by atoms with Crippen molar-refractivity contribution in [2.75, 3.05) is 6.61 Å². The summed E-state index contributed by atoms with van der Waals surface area (Å²) in [5, 5.41) is 4.93. The van der Waals surface area contributed by atoms with Crippen molar-refractivity contribution in [3.8, 4) is 22.8 Å². The fourth-order valence-electron chi connectivity index (χ4n) is 2.64. The van der Waals surface area contributed by atoms with Crippen molar-refractivity contribution >= 4 is 35.3 Å². The van der Waals surface area contributed by atoms with Crippen molar-refractivity contribution in [1.29, 1.82) is 0 Å². The number of nitrogens with zero attached hydrogens (tertiary/aromatic N) is 1. The molecule has 0 bridgehead atoms. The maximum atomic E-state index is 12.2. The molecule has 0 aliphatic carbocycles. The molecule has 6 nitrogen and oxygen atoms in total. The SMILES string of the molecule is O=C(NN=Cc1ccc(-c2ccc(Cl)cc2Cl)o1)[C@H]1COc2ccccc2O1. The molecule has 8 heteroatoms. The predicted molar refractivity (Wildman–Crippen MR) is 106 cm³/mol. The predicted octanol–water partition coefficient (Wildman–Crippen LogP) is 4.54. The molecule has 1 amide bonds. The van der Waals surface area contributed by atoms with Crippen LogP contribution in [0.1, 0.15) is 5.76 Å². The summed E-state index contributed by atoms with van der Waals surface area (Å²) in [4.78, 5) is 12.2. The standard InChI is InChI=1S/C20H14Cl2N2O4/c21-12-5-7-14(15(22)9-12)16-8-6-13(27-16)10-23-24-20(25)19-11-26-17-3-1-2-4-18(17)28-19/h1-10,19H,11H2,(H,24,25)/t19-/m1/s1. The number of carbonyl (C=O) groups is 1. The summed E-state index contributed by atoms with van der Waals surface area (Å²) >= 11 is 12.1. The van der Waals surface area contributed by atoms with Gasteiger partial charge in [0.05, 0.1) is 11.2 Å². The van der Waals surface area contributed by atoms with E-state index in [0.29, 0.717) is 38.6 Å². The molecule has 2 aromatic carbocycles. The molecule has 1 aliphatic rings. The number of hydrazone groups is 1. The van der Waals surface area contributed by atoms with Crippen LogP contribution in [0, 0.1) is 0 Å². The number of ether oxygens (including phenoxy) is 2. The van der Waals surface area contributed by atoms with E-state index in [1.165, 1.54) is 6.21 Å². The average Bonchev–Trinajstić information content (AvgIpc) is 3.16. The third-order valence-corrected chi connectivity index (χ3v) is 4.54. The van der Waals surface area contributed by atoms with Crippen LogP contribution in [-0.2, 0) is 4.79 Å². The third-order valence-electron chi connectivity index (χ3n) is 3.99. The second-order valence-electron chi connectivity index (χ2n) is 5.92. The lowest BCUT2D eigenvalue weighted by atomic mass is 10.2. The summed E-state index contributed by atoms with van der Waals surface area (Å²) in [5.41, 5.74) is 3.13. The number of fused-ring (bicyclic) bond motifs is 1. The highest BCUT2D eigenvalue weighted by Crippen LogP contribution is 2.32. The number of halogens is 2. The van der Waals surface area contributed by atoms with E-state index >= 15 is 0 Å². The Morgan fingerprint density at radius 2 is 1.93 bits per heavy atom. The minimum absolute atomic E-state index is 0.109. The number of furan rings is 1. The molecule has 1 atom stereocenters. The molecular weight excluding hydrogens is 403 g/mol. The maximum absolute atomic E-state index is 12.2. The van der Waals surface area contributed by atoms with Crippen molar-refractivity contribution in [2.45, 2.75) is 6.10 Å². The highest BCUT2D eigenvalue weighted by Gasteiger charge is 2.27. The van der Waals surface area contributed by atoms with Gasteiger partial charge in [0, 0.05) is 10.6 Å². The molecule has 0 saturated heterocycles. The van der Waals surface area contributed by atoms with Crippen molar-refractivity contribution in [1.82, 2.24) is 5.43 Å². The minimum Gasteiger partial charge on any atom is -0.485 e. The number of hydrogen-bond donors (Lipinski definition) is 1. The highest BCUT2D eigenvalue weighted by molar-refractivity contribution is 6.36. The van der Waals surface area contributed by atoms with Crippen LogP contribution in [0.2, 0.25) is 10.0 Å². The number of benzene rings is 2. The smallest absolute Gasteiger partial charge is 0.284 e. The Morgan fingerprint density at radius 1 is 1.11 bits per heavy atom. The average molecular weight is 417 g/mol. The number of carbonyl (C=O) groups excluding carboxylic acids is 1. The van der Waals surface area contributed by atoms with Gasteiger partial charge in [-0.3, -0.25) is 4.79 Å². The summed E-state index contributed by atoms with van der Waals surface area (Å²) in [5.74, 6) is 1.73. The molecule has 1 aliphatic heterocycles. The Labute approximate surface area is 170 Å². The molecule has 1 aromatic heterocycles. The van der Waals surface area contributed by atoms with E-state index in [2.05, 4.69) is 10.5 Å². The zero-order valence-electron chi connectivity index (χ0n) is 14.4. The van der Waals surface area contributed by atoms with Crippen LogP contribution in [0.3, 0.4) is 0 Å². The molecular formula is C20H14Cl2N2O4. The fourth-order valence-corrected chi connectivity index (χ4v) is 3.14. The molecule has 3 aromatic rings. The van der Waals surface area contributed by atoms with Crippen molar-refractivity contribution < 1.29 is 18.7 Å². The topological polar surface area (TPSA) is 73.1 Å². The Hall–Kier alpha value is -2.96. The number of rotatable bonds is 4. The fraction of sp³-hybridized carbons (Fsp3) is 0.100. The van der Waals surface area contributed by atoms with Gasteiger partial charge < -0.3 is 13.9 Å². The van der Waals surface area contributed by atoms with E-state index in [1.807, 2.05) is 12.1 Å². The third kappa shape index (κ3) is 3.98. The van der Waals surface area contributed by atoms with E-state index in [4.69, 9.17) is 37.1 Å². The second-order valence-corrected chi connectivity index (χ2v) is 6.77. The highest BCUT2D eigenvalue weighted by atomic mass is 35.5. The number of amides is 1. The first-order valence-electron chi connectivity index (χ1n) is 8.37. The first kappa shape index (κ1) is 18.4. The van der Waals surface area contributed by atoms with Crippen LogP contribution < -0.4 is 14.9 Å². The molecule has 0 unspecified atom stereocenters. The van der Waals surface area contributed by atoms with Gasteiger partial charge in [-0.1, -0.05) is 35.3 Å². The molecule has 0 radical (unpaired) electrons. The number of nitrogens with one attached hydrogen (secondary N) is 1. The normalized spacial score (nSPS) is 15.6. The molecule has 2 heterocycles. The van der Waals surface area contributed by atoms with Gasteiger partial charge in [0.25, 0.3) is 5.91 Å². The van der Waals surface area contributed by atoms with Gasteiger partial charge in [-0.05, 0) is 42.5 Å². The van der Waals surface area contributed by atoms with Gasteiger partial charge in [0.2, 0.25) is 6.10 Å². The summed E-state index contributed by atoms with van der Waals surface area (Å²) in [6.07, 6.45) is 0.607.